The zero-order chi connectivity index (χ0) is 20.7. The minimum atomic E-state index is -1.06. The molecule has 0 radical (unpaired) electrons. The summed E-state index contributed by atoms with van der Waals surface area (Å²) in [6.45, 7) is 7.32. The number of carbonyl (C=O) groups is 1. The molecule has 0 aliphatic rings. The summed E-state index contributed by atoms with van der Waals surface area (Å²) in [5, 5.41) is 21.1. The molecule has 0 aromatic heterocycles. The molecule has 0 aromatic carbocycles. The molecule has 0 aliphatic carbocycles. The summed E-state index contributed by atoms with van der Waals surface area (Å²) in [5.74, 6) is -1.23. The van der Waals surface area contributed by atoms with Crippen molar-refractivity contribution in [2.75, 3.05) is 0 Å². The van der Waals surface area contributed by atoms with Crippen LogP contribution in [0.1, 0.15) is 118 Å². The molecule has 0 fully saturated rings. The van der Waals surface area contributed by atoms with Gasteiger partial charge < -0.3 is 21.2 Å². The van der Waals surface area contributed by atoms with E-state index in [-0.39, 0.29) is 17.4 Å². The van der Waals surface area contributed by atoms with Gasteiger partial charge in [-0.05, 0) is 32.1 Å². The molecule has 0 saturated carbocycles. The van der Waals surface area contributed by atoms with E-state index in [1.54, 1.807) is 20.8 Å². The van der Waals surface area contributed by atoms with Gasteiger partial charge in [-0.1, -0.05) is 91.4 Å². The summed E-state index contributed by atoms with van der Waals surface area (Å²) in [4.78, 5) is 11.4. The van der Waals surface area contributed by atoms with Crippen molar-refractivity contribution in [3.05, 3.63) is 0 Å². The number of alkyl halides is 1. The van der Waals surface area contributed by atoms with Gasteiger partial charge in [0.15, 0.2) is 0 Å². The van der Waals surface area contributed by atoms with E-state index in [1.807, 2.05) is 0 Å². The summed E-state index contributed by atoms with van der Waals surface area (Å²) in [6.07, 6.45) is 15.9. The Bertz CT molecular complexity index is 375. The molecule has 170 valence electrons. The average Bonchev–Trinajstić information content (AvgIpc) is 2.58. The van der Waals surface area contributed by atoms with Crippen LogP contribution in [-0.4, -0.2) is 22.6 Å². The molecule has 5 heteroatoms. The summed E-state index contributed by atoms with van der Waals surface area (Å²) in [7, 11) is 0. The van der Waals surface area contributed by atoms with Crippen molar-refractivity contribution < 1.29 is 15.0 Å². The Balaban J connectivity index is 0. The second-order valence-electron chi connectivity index (χ2n) is 8.95. The Kier molecular flexibility index (Phi) is 18.7. The number of carboxylic acids is 1. The highest BCUT2D eigenvalue weighted by atomic mass is 35.5. The number of rotatable bonds is 18. The van der Waals surface area contributed by atoms with E-state index in [9.17, 15) is 15.0 Å². The van der Waals surface area contributed by atoms with Crippen molar-refractivity contribution in [2.24, 2.45) is 11.3 Å². The van der Waals surface area contributed by atoms with Crippen LogP contribution < -0.4 is 11.3 Å². The molecule has 0 rings (SSSR count). The third-order valence-corrected chi connectivity index (χ3v) is 6.23. The van der Waals surface area contributed by atoms with Crippen LogP contribution >= 0.6 is 11.6 Å². The lowest BCUT2D eigenvalue weighted by Gasteiger charge is -2.37. The molecule has 0 bridgehead atoms. The maximum absolute atomic E-state index is 11.4. The van der Waals surface area contributed by atoms with Crippen molar-refractivity contribution in [1.82, 2.24) is 6.15 Å². The van der Waals surface area contributed by atoms with Crippen molar-refractivity contribution in [2.45, 2.75) is 129 Å². The van der Waals surface area contributed by atoms with Crippen LogP contribution in [-0.2, 0) is 4.79 Å². The highest BCUT2D eigenvalue weighted by Gasteiger charge is 2.33. The van der Waals surface area contributed by atoms with Gasteiger partial charge in [-0.2, -0.15) is 0 Å². The molecule has 3 atom stereocenters. The Morgan fingerprint density at radius 1 is 0.929 bits per heavy atom. The number of hydrogen-bond donors (Lipinski definition) is 2. The van der Waals surface area contributed by atoms with Gasteiger partial charge in [0.25, 0.3) is 0 Å². The van der Waals surface area contributed by atoms with Gasteiger partial charge in [-0.3, -0.25) is 0 Å². The lowest BCUT2D eigenvalue weighted by atomic mass is 9.73. The zero-order valence-corrected chi connectivity index (χ0v) is 20.0. The fourth-order valence-electron chi connectivity index (χ4n) is 3.72. The fraction of sp³-hybridized carbons (Fsp3) is 0.957. The van der Waals surface area contributed by atoms with Crippen LogP contribution in [0.3, 0.4) is 0 Å². The van der Waals surface area contributed by atoms with E-state index < -0.39 is 17.5 Å². The van der Waals surface area contributed by atoms with Crippen LogP contribution in [0.15, 0.2) is 0 Å². The fourth-order valence-corrected chi connectivity index (χ4v) is 4.09. The standard InChI is InChI=1S/C23H45ClO3.H3N/c1-5-6-7-8-9-10-11-12-13-14-15-16-21(24)18-20(17-19(2)25)23(3,4)22(26)27;/h19-21,25H,5-18H2,1-4H3,(H,26,27);1H3. The first-order valence-electron chi connectivity index (χ1n) is 11.2. The molecular formula is C23H48ClNO3. The second kappa shape index (κ2) is 17.5. The largest absolute Gasteiger partial charge is 0.550 e. The van der Waals surface area contributed by atoms with E-state index in [1.165, 1.54) is 64.2 Å². The van der Waals surface area contributed by atoms with Gasteiger partial charge in [0.05, 0.1) is 6.10 Å². The second-order valence-corrected chi connectivity index (χ2v) is 9.57. The normalized spacial score (nSPS) is 14.9. The number of aliphatic hydroxyl groups is 1. The molecule has 0 aromatic rings. The summed E-state index contributed by atoms with van der Waals surface area (Å²) in [6, 6.07) is 0. The SMILES string of the molecule is CCCCCCCCCCCCCC(Cl)CC(CC(C)O)C(C)(C)C(=O)[O-].[NH4+]. The molecule has 0 aliphatic heterocycles. The van der Waals surface area contributed by atoms with E-state index in [0.29, 0.717) is 12.8 Å². The molecule has 0 spiro atoms. The molecule has 0 saturated heterocycles. The van der Waals surface area contributed by atoms with Crippen molar-refractivity contribution in [1.29, 1.82) is 0 Å². The van der Waals surface area contributed by atoms with Crippen LogP contribution in [0, 0.1) is 11.3 Å². The Morgan fingerprint density at radius 3 is 1.75 bits per heavy atom. The van der Waals surface area contributed by atoms with Gasteiger partial charge >= 0.3 is 0 Å². The smallest absolute Gasteiger partial charge is 0.0515 e. The number of aliphatic hydroxyl groups excluding tert-OH is 1. The van der Waals surface area contributed by atoms with E-state index in [2.05, 4.69) is 6.92 Å². The molecule has 0 heterocycles. The Labute approximate surface area is 179 Å². The van der Waals surface area contributed by atoms with Gasteiger partial charge in [0.2, 0.25) is 0 Å². The molecule has 28 heavy (non-hydrogen) atoms. The predicted octanol–water partition coefficient (Wildman–Crippen LogP) is 6.22. The minimum Gasteiger partial charge on any atom is -0.550 e. The van der Waals surface area contributed by atoms with Crippen molar-refractivity contribution in [3.63, 3.8) is 0 Å². The highest BCUT2D eigenvalue weighted by Crippen LogP contribution is 2.35. The van der Waals surface area contributed by atoms with Crippen molar-refractivity contribution >= 4 is 17.6 Å². The molecular weight excluding hydrogens is 374 g/mol. The number of hydrogen-bond acceptors (Lipinski definition) is 3. The summed E-state index contributed by atoms with van der Waals surface area (Å²) < 4.78 is 0. The van der Waals surface area contributed by atoms with Crippen molar-refractivity contribution in [3.8, 4) is 0 Å². The van der Waals surface area contributed by atoms with Gasteiger partial charge in [0, 0.05) is 16.8 Å². The molecule has 0 amide bonds. The quantitative estimate of drug-likeness (QED) is 0.203. The highest BCUT2D eigenvalue weighted by molar-refractivity contribution is 6.20. The number of carboxylic acid groups (broad SMARTS) is 1. The summed E-state index contributed by atoms with van der Waals surface area (Å²) >= 11 is 6.50. The van der Waals surface area contributed by atoms with Crippen LogP contribution in [0.4, 0.5) is 0 Å². The van der Waals surface area contributed by atoms with Gasteiger partial charge in [-0.25, -0.2) is 0 Å². The predicted molar refractivity (Wildman–Crippen MR) is 120 cm³/mol. The molecule has 3 unspecified atom stereocenters. The number of carbonyl (C=O) groups excluding carboxylic acids is 1. The van der Waals surface area contributed by atoms with E-state index in [0.717, 1.165) is 12.8 Å². The lowest BCUT2D eigenvalue weighted by Crippen LogP contribution is -2.44. The zero-order valence-electron chi connectivity index (χ0n) is 19.3. The number of quaternary nitrogens is 1. The first kappa shape index (κ1) is 29.9. The van der Waals surface area contributed by atoms with E-state index in [4.69, 9.17) is 11.6 Å². The first-order valence-corrected chi connectivity index (χ1v) is 11.7. The number of halogens is 1. The van der Waals surface area contributed by atoms with Gasteiger partial charge in [0.1, 0.15) is 0 Å². The number of aliphatic carboxylic acids is 1. The third kappa shape index (κ3) is 14.6. The topological polar surface area (TPSA) is 96.9 Å². The Hall–Kier alpha value is -0.320. The third-order valence-electron chi connectivity index (χ3n) is 5.83. The van der Waals surface area contributed by atoms with Crippen LogP contribution in [0.5, 0.6) is 0 Å². The molecule has 5 N–H and O–H groups in total. The lowest BCUT2D eigenvalue weighted by molar-refractivity contribution is -0.320. The van der Waals surface area contributed by atoms with E-state index >= 15 is 0 Å². The first-order chi connectivity index (χ1) is 12.7. The number of unbranched alkanes of at least 4 members (excludes halogenated alkanes) is 10. The maximum atomic E-state index is 11.4. The minimum absolute atomic E-state index is 0. The van der Waals surface area contributed by atoms with Crippen LogP contribution in [0.2, 0.25) is 0 Å². The Morgan fingerprint density at radius 2 is 1.36 bits per heavy atom. The maximum Gasteiger partial charge on any atom is 0.0515 e. The van der Waals surface area contributed by atoms with Crippen LogP contribution in [0.25, 0.3) is 0 Å². The molecule has 4 nitrogen and oxygen atoms in total. The summed E-state index contributed by atoms with van der Waals surface area (Å²) in [5.41, 5.74) is -0.971. The average molecular weight is 422 g/mol. The van der Waals surface area contributed by atoms with Gasteiger partial charge in [-0.15, -0.1) is 11.6 Å². The monoisotopic (exact) mass is 421 g/mol.